The third kappa shape index (κ3) is 5.91. The van der Waals surface area contributed by atoms with Crippen LogP contribution in [0.5, 0.6) is 0 Å². The van der Waals surface area contributed by atoms with Gasteiger partial charge in [0.15, 0.2) is 0 Å². The Morgan fingerprint density at radius 1 is 1.17 bits per heavy atom. The molecule has 0 saturated carbocycles. The molecule has 2 aromatic carbocycles. The molecule has 158 valence electrons. The largest absolute Gasteiger partial charge is 0.398 e. The third-order valence-corrected chi connectivity index (χ3v) is 7.80. The molecule has 1 fully saturated rings. The number of benzene rings is 2. The van der Waals surface area contributed by atoms with Gasteiger partial charge in [-0.1, -0.05) is 51.1 Å². The number of nitrogen functional groups attached to an aromatic ring is 1. The maximum absolute atomic E-state index is 12.5. The zero-order chi connectivity index (χ0) is 21.2. The van der Waals surface area contributed by atoms with Gasteiger partial charge in [0.25, 0.3) is 0 Å². The van der Waals surface area contributed by atoms with Crippen LogP contribution in [0, 0.1) is 5.92 Å². The lowest BCUT2D eigenvalue weighted by Crippen LogP contribution is -2.53. The van der Waals surface area contributed by atoms with E-state index < -0.39 is 16.9 Å². The van der Waals surface area contributed by atoms with Crippen molar-refractivity contribution in [3.8, 4) is 0 Å². The first-order valence-electron chi connectivity index (χ1n) is 10.0. The summed E-state index contributed by atoms with van der Waals surface area (Å²) in [6.45, 7) is 7.26. The molecule has 6 heteroatoms. The van der Waals surface area contributed by atoms with Gasteiger partial charge in [-0.3, -0.25) is 4.21 Å². The molecule has 0 spiro atoms. The van der Waals surface area contributed by atoms with E-state index in [1.807, 2.05) is 18.2 Å². The highest BCUT2D eigenvalue weighted by molar-refractivity contribution is 9.10. The smallest absolute Gasteiger partial charge is 0.0742 e. The molecule has 1 aliphatic rings. The van der Waals surface area contributed by atoms with Crippen molar-refractivity contribution in [2.24, 2.45) is 5.92 Å². The summed E-state index contributed by atoms with van der Waals surface area (Å²) in [4.78, 5) is 0. The summed E-state index contributed by atoms with van der Waals surface area (Å²) in [5, 5.41) is 14.4. The van der Waals surface area contributed by atoms with Gasteiger partial charge in [0, 0.05) is 51.0 Å². The number of aliphatic hydroxyl groups is 1. The summed E-state index contributed by atoms with van der Waals surface area (Å²) in [5.74, 6) is 0.974. The number of hydrogen-bond acceptors (Lipinski definition) is 4. The normalized spacial score (nSPS) is 25.1. The predicted octanol–water partition coefficient (Wildman–Crippen LogP) is 3.77. The van der Waals surface area contributed by atoms with Gasteiger partial charge in [-0.25, -0.2) is 0 Å². The van der Waals surface area contributed by atoms with E-state index in [1.165, 1.54) is 11.1 Å². The van der Waals surface area contributed by atoms with Gasteiger partial charge >= 0.3 is 0 Å². The minimum atomic E-state index is -0.940. The number of hydrogen-bond donors (Lipinski definition) is 3. The average Bonchev–Trinajstić information content (AvgIpc) is 2.66. The van der Waals surface area contributed by atoms with Crippen LogP contribution in [-0.2, 0) is 29.2 Å². The second-order valence-corrected chi connectivity index (χ2v) is 11.4. The van der Waals surface area contributed by atoms with Crippen molar-refractivity contribution in [2.45, 2.75) is 51.3 Å². The Hall–Kier alpha value is -1.21. The fraction of sp³-hybridized carbons (Fsp3) is 0.478. The molecule has 1 heterocycles. The molecule has 29 heavy (non-hydrogen) atoms. The van der Waals surface area contributed by atoms with E-state index in [1.54, 1.807) is 0 Å². The lowest BCUT2D eigenvalue weighted by atomic mass is 9.86. The summed E-state index contributed by atoms with van der Waals surface area (Å²) in [6, 6.07) is 14.2. The zero-order valence-corrected chi connectivity index (χ0v) is 19.7. The van der Waals surface area contributed by atoms with E-state index in [4.69, 9.17) is 5.73 Å². The van der Waals surface area contributed by atoms with E-state index in [-0.39, 0.29) is 17.4 Å². The van der Waals surface area contributed by atoms with Crippen LogP contribution in [-0.4, -0.2) is 33.0 Å². The minimum Gasteiger partial charge on any atom is -0.398 e. The number of rotatable bonds is 5. The molecule has 4 unspecified atom stereocenters. The van der Waals surface area contributed by atoms with Gasteiger partial charge in [0.1, 0.15) is 0 Å². The molecule has 1 saturated heterocycles. The van der Waals surface area contributed by atoms with Crippen molar-refractivity contribution >= 4 is 32.4 Å². The molecule has 4 atom stereocenters. The van der Waals surface area contributed by atoms with Crippen LogP contribution in [0.4, 0.5) is 5.69 Å². The van der Waals surface area contributed by atoms with Crippen LogP contribution in [0.15, 0.2) is 46.9 Å². The topological polar surface area (TPSA) is 75.4 Å². The van der Waals surface area contributed by atoms with Gasteiger partial charge in [0.2, 0.25) is 0 Å². The first-order chi connectivity index (χ1) is 13.6. The number of anilines is 1. The van der Waals surface area contributed by atoms with E-state index in [2.05, 4.69) is 66.3 Å². The molecule has 0 radical (unpaired) electrons. The number of nitrogens with two attached hydrogens (primary N) is 1. The van der Waals surface area contributed by atoms with E-state index in [9.17, 15) is 9.32 Å². The van der Waals surface area contributed by atoms with Crippen LogP contribution in [0.3, 0.4) is 0 Å². The Kier molecular flexibility index (Phi) is 7.20. The molecule has 1 aliphatic heterocycles. The predicted molar refractivity (Wildman–Crippen MR) is 125 cm³/mol. The Morgan fingerprint density at radius 3 is 2.62 bits per heavy atom. The summed E-state index contributed by atoms with van der Waals surface area (Å²) >= 11 is 3.46. The Bertz CT molecular complexity index is 881. The monoisotopic (exact) mass is 478 g/mol. The fourth-order valence-corrected chi connectivity index (χ4v) is 5.86. The Morgan fingerprint density at radius 2 is 1.93 bits per heavy atom. The molecule has 0 aliphatic carbocycles. The number of nitrogens with one attached hydrogen (secondary N) is 1. The highest BCUT2D eigenvalue weighted by Gasteiger charge is 2.35. The quantitative estimate of drug-likeness (QED) is 0.571. The molecule has 0 bridgehead atoms. The van der Waals surface area contributed by atoms with Gasteiger partial charge in [-0.15, -0.1) is 0 Å². The molecule has 4 N–H and O–H groups in total. The Labute approximate surface area is 184 Å². The lowest BCUT2D eigenvalue weighted by Gasteiger charge is -2.35. The molecular formula is C23H31BrN2O2S. The molecule has 2 aromatic rings. The van der Waals surface area contributed by atoms with Crippen LogP contribution < -0.4 is 11.1 Å². The van der Waals surface area contributed by atoms with Crippen LogP contribution in [0.2, 0.25) is 0 Å². The number of aliphatic hydroxyl groups excluding tert-OH is 1. The van der Waals surface area contributed by atoms with Gasteiger partial charge in [0.05, 0.1) is 6.10 Å². The van der Waals surface area contributed by atoms with Crippen LogP contribution in [0.1, 0.15) is 37.5 Å². The first kappa shape index (κ1) is 22.5. The maximum atomic E-state index is 12.5. The fourth-order valence-electron chi connectivity index (χ4n) is 3.79. The van der Waals surface area contributed by atoms with Crippen molar-refractivity contribution in [2.75, 3.05) is 17.2 Å². The second-order valence-electron chi connectivity index (χ2n) is 9.02. The van der Waals surface area contributed by atoms with Crippen LogP contribution >= 0.6 is 15.9 Å². The second kappa shape index (κ2) is 9.29. The van der Waals surface area contributed by atoms with Crippen LogP contribution in [0.25, 0.3) is 0 Å². The third-order valence-electron chi connectivity index (χ3n) is 5.58. The Balaban J connectivity index is 1.66. The van der Waals surface area contributed by atoms with E-state index in [0.29, 0.717) is 30.2 Å². The summed E-state index contributed by atoms with van der Waals surface area (Å²) in [6.07, 6.45) is 0.151. The SMILES string of the molecule is CC(C)(C)c1cccc(CNC2CS(=O)CC(Cc3ccc(N)c(Br)c3)C2O)c1. The standard InChI is InChI=1S/C23H31BrN2O2S/c1-23(2,3)18-6-4-5-16(10-18)12-26-21-14-29(28)13-17(22(21)27)9-15-7-8-20(25)19(24)11-15/h4-8,10-11,17,21-22,26-27H,9,12-14,25H2,1-3H3. The van der Waals surface area contributed by atoms with Crippen molar-refractivity contribution in [3.63, 3.8) is 0 Å². The van der Waals surface area contributed by atoms with Crippen molar-refractivity contribution < 1.29 is 9.32 Å². The lowest BCUT2D eigenvalue weighted by molar-refractivity contribution is 0.0795. The average molecular weight is 479 g/mol. The van der Waals surface area contributed by atoms with Crippen molar-refractivity contribution in [1.29, 1.82) is 0 Å². The summed E-state index contributed by atoms with van der Waals surface area (Å²) < 4.78 is 13.3. The highest BCUT2D eigenvalue weighted by atomic mass is 79.9. The van der Waals surface area contributed by atoms with Crippen molar-refractivity contribution in [3.05, 3.63) is 63.6 Å². The summed E-state index contributed by atoms with van der Waals surface area (Å²) in [7, 11) is -0.940. The molecule has 4 nitrogen and oxygen atoms in total. The van der Waals surface area contributed by atoms with Crippen molar-refractivity contribution in [1.82, 2.24) is 5.32 Å². The van der Waals surface area contributed by atoms with Gasteiger partial charge < -0.3 is 16.2 Å². The van der Waals surface area contributed by atoms with Gasteiger partial charge in [-0.2, -0.15) is 0 Å². The number of halogens is 1. The molecule has 0 aromatic heterocycles. The van der Waals surface area contributed by atoms with E-state index in [0.717, 1.165) is 10.0 Å². The zero-order valence-electron chi connectivity index (χ0n) is 17.3. The highest BCUT2D eigenvalue weighted by Crippen LogP contribution is 2.27. The molecule has 3 rings (SSSR count). The van der Waals surface area contributed by atoms with E-state index >= 15 is 0 Å². The molecular weight excluding hydrogens is 448 g/mol. The molecule has 0 amide bonds. The first-order valence-corrected chi connectivity index (χ1v) is 12.3. The maximum Gasteiger partial charge on any atom is 0.0742 e. The van der Waals surface area contributed by atoms with Gasteiger partial charge in [-0.05, 0) is 56.6 Å². The minimum absolute atomic E-state index is 0.0430. The summed E-state index contributed by atoms with van der Waals surface area (Å²) in [5.41, 5.74) is 10.2.